The highest BCUT2D eigenvalue weighted by molar-refractivity contribution is 5.96. The van der Waals surface area contributed by atoms with Gasteiger partial charge in [0.25, 0.3) is 0 Å². The Morgan fingerprint density at radius 2 is 1.56 bits per heavy atom. The van der Waals surface area contributed by atoms with Crippen molar-refractivity contribution in [2.75, 3.05) is 60.1 Å². The summed E-state index contributed by atoms with van der Waals surface area (Å²) in [5.41, 5.74) is 2.02. The predicted molar refractivity (Wildman–Crippen MR) is 125 cm³/mol. The van der Waals surface area contributed by atoms with Crippen molar-refractivity contribution in [3.05, 3.63) is 59.7 Å². The quantitative estimate of drug-likeness (QED) is 0.279. The van der Waals surface area contributed by atoms with Crippen LogP contribution in [0.1, 0.15) is 29.3 Å². The van der Waals surface area contributed by atoms with Gasteiger partial charge in [-0.1, -0.05) is 30.3 Å². The summed E-state index contributed by atoms with van der Waals surface area (Å²) in [4.78, 5) is 15.8. The van der Waals surface area contributed by atoms with Gasteiger partial charge in [0.1, 0.15) is 38.8 Å². The molecule has 3 rings (SSSR count). The third-order valence-corrected chi connectivity index (χ3v) is 6.30. The van der Waals surface area contributed by atoms with Crippen LogP contribution in [0.25, 0.3) is 0 Å². The average Bonchev–Trinajstić information content (AvgIpc) is 2.83. The molecule has 2 aromatic rings. The first-order valence-corrected chi connectivity index (χ1v) is 11.7. The van der Waals surface area contributed by atoms with Crippen LogP contribution in [0.2, 0.25) is 0 Å². The molecule has 8 heteroatoms. The Labute approximate surface area is 216 Å². The van der Waals surface area contributed by atoms with Crippen LogP contribution in [0.4, 0.5) is 0 Å². The van der Waals surface area contributed by atoms with Gasteiger partial charge in [0.15, 0.2) is 17.3 Å². The summed E-state index contributed by atoms with van der Waals surface area (Å²) < 4.78 is 16.6. The van der Waals surface area contributed by atoms with E-state index in [-0.39, 0.29) is 36.7 Å². The van der Waals surface area contributed by atoms with Gasteiger partial charge in [0, 0.05) is 18.6 Å². The van der Waals surface area contributed by atoms with Crippen molar-refractivity contribution in [1.82, 2.24) is 0 Å². The minimum Gasteiger partial charge on any atom is -1.00 e. The smallest absolute Gasteiger partial charge is 0.168 e. The number of halogens is 2. The van der Waals surface area contributed by atoms with E-state index in [9.17, 15) is 4.79 Å². The van der Waals surface area contributed by atoms with Crippen LogP contribution in [0.3, 0.4) is 0 Å². The fourth-order valence-electron chi connectivity index (χ4n) is 4.48. The van der Waals surface area contributed by atoms with E-state index in [0.717, 1.165) is 52.3 Å². The molecule has 0 spiro atoms. The first kappa shape index (κ1) is 30.2. The van der Waals surface area contributed by atoms with Crippen LogP contribution in [0, 0.1) is 0 Å². The molecule has 1 heterocycles. The number of benzene rings is 2. The van der Waals surface area contributed by atoms with Gasteiger partial charge in [-0.05, 0) is 30.7 Å². The molecule has 0 radical (unpaired) electrons. The molecule has 1 saturated heterocycles. The number of Topliss-reactive ketones (excluding diaryl/α,β-unsaturated/α-hetero) is 1. The molecular weight excluding hydrogens is 475 g/mol. The fraction of sp³-hybridized carbons (Fsp3) is 0.500. The van der Waals surface area contributed by atoms with Crippen molar-refractivity contribution in [2.24, 2.45) is 0 Å². The second kappa shape index (κ2) is 16.0. The monoisotopic (exact) mass is 512 g/mol. The Kier molecular flexibility index (Phi) is 14.2. The van der Waals surface area contributed by atoms with Gasteiger partial charge in [-0.25, -0.2) is 0 Å². The molecule has 1 aliphatic rings. The molecule has 34 heavy (non-hydrogen) atoms. The van der Waals surface area contributed by atoms with Gasteiger partial charge in [0.2, 0.25) is 0 Å². The number of carbonyl (C=O) groups excluding carboxylic acids is 1. The molecule has 0 amide bonds. The molecule has 0 saturated carbocycles. The number of nitrogens with one attached hydrogen (secondary N) is 2. The van der Waals surface area contributed by atoms with Crippen molar-refractivity contribution in [3.8, 4) is 11.5 Å². The van der Waals surface area contributed by atoms with Gasteiger partial charge >= 0.3 is 0 Å². The van der Waals surface area contributed by atoms with Crippen LogP contribution in [0.15, 0.2) is 48.5 Å². The Morgan fingerprint density at radius 3 is 2.18 bits per heavy atom. The summed E-state index contributed by atoms with van der Waals surface area (Å²) in [5.74, 6) is 1.40. The Hall–Kier alpha value is -1.83. The van der Waals surface area contributed by atoms with Gasteiger partial charge in [-0.3, -0.25) is 4.79 Å². The fourth-order valence-corrected chi connectivity index (χ4v) is 4.48. The van der Waals surface area contributed by atoms with Crippen molar-refractivity contribution in [3.63, 3.8) is 0 Å². The van der Waals surface area contributed by atoms with Gasteiger partial charge in [0.05, 0.1) is 27.2 Å². The molecule has 2 N–H and O–H groups in total. The van der Waals surface area contributed by atoms with Gasteiger partial charge < -0.3 is 48.8 Å². The molecule has 1 atom stereocenters. The number of piperazine rings is 1. The number of hydrogen-bond donors (Lipinski definition) is 2. The number of quaternary nitrogens is 2. The van der Waals surface area contributed by atoms with E-state index in [1.165, 1.54) is 10.5 Å². The lowest BCUT2D eigenvalue weighted by Gasteiger charge is -2.31. The van der Waals surface area contributed by atoms with Gasteiger partial charge in [-0.2, -0.15) is 0 Å². The summed E-state index contributed by atoms with van der Waals surface area (Å²) in [6, 6.07) is 16.0. The molecule has 2 aromatic carbocycles. The lowest BCUT2D eigenvalue weighted by molar-refractivity contribution is -1.01. The number of ketones is 1. The summed E-state index contributed by atoms with van der Waals surface area (Å²) in [5, 5.41) is 0. The van der Waals surface area contributed by atoms with Gasteiger partial charge in [-0.15, -0.1) is 0 Å². The summed E-state index contributed by atoms with van der Waals surface area (Å²) in [6.07, 6.45) is 1.77. The highest BCUT2D eigenvalue weighted by Gasteiger charge is 2.26. The molecule has 190 valence electrons. The van der Waals surface area contributed by atoms with E-state index in [1.54, 1.807) is 31.3 Å². The molecular formula is C26H38Cl2N2O4. The summed E-state index contributed by atoms with van der Waals surface area (Å²) in [6.45, 7) is 9.18. The highest BCUT2D eigenvalue weighted by Crippen LogP contribution is 2.27. The normalized spacial score (nSPS) is 18.2. The topological polar surface area (TPSA) is 53.6 Å². The predicted octanol–water partition coefficient (Wildman–Crippen LogP) is -5.28. The number of ether oxygens (including phenoxy) is 3. The number of carbonyl (C=O) groups is 1. The van der Waals surface area contributed by atoms with E-state index in [1.807, 2.05) is 6.07 Å². The average molecular weight is 514 g/mol. The maximum absolute atomic E-state index is 12.7. The lowest BCUT2D eigenvalue weighted by atomic mass is 10.1. The standard InChI is InChI=1S/C26H36N2O4.2ClH/c1-4-32-23(18-21-8-6-5-7-9-21)20-28-16-14-27(15-17-28)13-12-24(29)22-10-11-25(30-2)26(19-22)31-3;;/h5-11,19,23H,4,12-18,20H2,1-3H3;2*1H. The second-order valence-electron chi connectivity index (χ2n) is 8.46. The SMILES string of the molecule is CCOC(Cc1ccccc1)C[NH+]1CC[NH+](CCC(=O)c2ccc(OC)c(OC)c2)CC1.[Cl-].[Cl-]. The Bertz CT molecular complexity index is 846. The maximum atomic E-state index is 12.7. The Morgan fingerprint density at radius 1 is 0.912 bits per heavy atom. The van der Waals surface area contributed by atoms with E-state index < -0.39 is 0 Å². The second-order valence-corrected chi connectivity index (χ2v) is 8.46. The molecule has 1 aliphatic heterocycles. The van der Waals surface area contributed by atoms with Crippen molar-refractivity contribution in [1.29, 1.82) is 0 Å². The van der Waals surface area contributed by atoms with E-state index in [2.05, 4.69) is 37.3 Å². The summed E-state index contributed by atoms with van der Waals surface area (Å²) >= 11 is 0. The van der Waals surface area contributed by atoms with E-state index in [4.69, 9.17) is 14.2 Å². The third-order valence-electron chi connectivity index (χ3n) is 6.30. The number of methoxy groups -OCH3 is 2. The van der Waals surface area contributed by atoms with Crippen LogP contribution >= 0.6 is 0 Å². The van der Waals surface area contributed by atoms with Crippen molar-refractivity contribution >= 4 is 5.78 Å². The van der Waals surface area contributed by atoms with Crippen molar-refractivity contribution in [2.45, 2.75) is 25.9 Å². The minimum absolute atomic E-state index is 0. The molecule has 6 nitrogen and oxygen atoms in total. The first-order chi connectivity index (χ1) is 15.6. The number of hydrogen-bond acceptors (Lipinski definition) is 4. The van der Waals surface area contributed by atoms with Crippen LogP contribution in [0.5, 0.6) is 11.5 Å². The highest BCUT2D eigenvalue weighted by atomic mass is 35.5. The summed E-state index contributed by atoms with van der Waals surface area (Å²) in [7, 11) is 3.19. The largest absolute Gasteiger partial charge is 1.00 e. The van der Waals surface area contributed by atoms with Crippen LogP contribution in [-0.4, -0.2) is 72.0 Å². The van der Waals surface area contributed by atoms with E-state index >= 15 is 0 Å². The number of rotatable bonds is 12. The zero-order valence-corrected chi connectivity index (χ0v) is 22.0. The third kappa shape index (κ3) is 9.08. The maximum Gasteiger partial charge on any atom is 0.168 e. The first-order valence-electron chi connectivity index (χ1n) is 11.7. The molecule has 0 aliphatic carbocycles. The Balaban J connectivity index is 0.00000289. The molecule has 0 aromatic heterocycles. The van der Waals surface area contributed by atoms with Crippen molar-refractivity contribution < 1.29 is 53.6 Å². The zero-order chi connectivity index (χ0) is 22.8. The molecule has 1 fully saturated rings. The lowest BCUT2D eigenvalue weighted by Crippen LogP contribution is -3.28. The van der Waals surface area contributed by atoms with E-state index in [0.29, 0.717) is 23.5 Å². The molecule has 0 bridgehead atoms. The van der Waals surface area contributed by atoms with Crippen LogP contribution < -0.4 is 44.1 Å². The molecule has 1 unspecified atom stereocenters. The van der Waals surface area contributed by atoms with Crippen LogP contribution in [-0.2, 0) is 11.2 Å². The zero-order valence-electron chi connectivity index (χ0n) is 20.4. The minimum atomic E-state index is 0.